The van der Waals surface area contributed by atoms with Gasteiger partial charge in [0, 0.05) is 37.6 Å². The lowest BCUT2D eigenvalue weighted by molar-refractivity contribution is 0.0744. The molecule has 1 aromatic carbocycles. The van der Waals surface area contributed by atoms with E-state index in [2.05, 4.69) is 39.9 Å². The van der Waals surface area contributed by atoms with Gasteiger partial charge in [0.25, 0.3) is 6.43 Å². The van der Waals surface area contributed by atoms with Gasteiger partial charge in [-0.05, 0) is 31.7 Å². The molecule has 1 saturated heterocycles. The van der Waals surface area contributed by atoms with Gasteiger partial charge < -0.3 is 10.6 Å². The maximum Gasteiger partial charge on any atom is 0.251 e. The van der Waals surface area contributed by atoms with Crippen molar-refractivity contribution in [1.82, 2.24) is 15.5 Å². The minimum atomic E-state index is -2.24. The van der Waals surface area contributed by atoms with E-state index in [4.69, 9.17) is 0 Å². The largest absolute Gasteiger partial charge is 0.354 e. The second-order valence-electron chi connectivity index (χ2n) is 6.94. The number of guanidine groups is 1. The van der Waals surface area contributed by atoms with Crippen LogP contribution in [0.4, 0.5) is 8.78 Å². The first kappa shape index (κ1) is 21.3. The third-order valence-corrected chi connectivity index (χ3v) is 4.98. The fraction of sp³-hybridized carbons (Fsp3) is 0.632. The van der Waals surface area contributed by atoms with Crippen LogP contribution in [-0.2, 0) is 0 Å². The summed E-state index contributed by atoms with van der Waals surface area (Å²) in [5.74, 6) is 1.41. The minimum Gasteiger partial charge on any atom is -0.354 e. The van der Waals surface area contributed by atoms with Crippen molar-refractivity contribution in [3.05, 3.63) is 35.9 Å². The van der Waals surface area contributed by atoms with Crippen LogP contribution in [0, 0.1) is 0 Å². The van der Waals surface area contributed by atoms with Gasteiger partial charge >= 0.3 is 0 Å². The predicted octanol–water partition coefficient (Wildman–Crippen LogP) is 3.45. The van der Waals surface area contributed by atoms with Crippen LogP contribution in [0.15, 0.2) is 35.3 Å². The number of hydrogen-bond acceptors (Lipinski definition) is 2. The highest BCUT2D eigenvalue weighted by Crippen LogP contribution is 2.40. The van der Waals surface area contributed by atoms with Crippen LogP contribution in [0.3, 0.4) is 0 Å². The van der Waals surface area contributed by atoms with Gasteiger partial charge in [0.05, 0.1) is 6.54 Å². The molecule has 2 N–H and O–H groups in total. The number of hydrogen-bond donors (Lipinski definition) is 2. The lowest BCUT2D eigenvalue weighted by Crippen LogP contribution is -2.50. The standard InChI is InChI=1S/C19H28F2N4.HI/c1-2-22-19(23-15-8-10-25(11-9-15)13-18(20)21)24-17-12-16(17)14-6-4-3-5-7-14;/h3-7,15-18H,2,8-13H2,1H3,(H2,22,23,24);1H. The summed E-state index contributed by atoms with van der Waals surface area (Å²) in [7, 11) is 0. The van der Waals surface area contributed by atoms with Crippen molar-refractivity contribution in [3.8, 4) is 0 Å². The van der Waals surface area contributed by atoms with Gasteiger partial charge in [-0.25, -0.2) is 8.78 Å². The summed E-state index contributed by atoms with van der Waals surface area (Å²) < 4.78 is 24.9. The molecular weight excluding hydrogens is 449 g/mol. The van der Waals surface area contributed by atoms with Crippen molar-refractivity contribution in [1.29, 1.82) is 0 Å². The van der Waals surface area contributed by atoms with E-state index < -0.39 is 6.43 Å². The summed E-state index contributed by atoms with van der Waals surface area (Å²) in [5, 5.41) is 7.04. The first-order valence-corrected chi connectivity index (χ1v) is 9.28. The van der Waals surface area contributed by atoms with Gasteiger partial charge in [-0.1, -0.05) is 30.3 Å². The Balaban J connectivity index is 0.00000243. The summed E-state index contributed by atoms with van der Waals surface area (Å²) in [6.45, 7) is 4.08. The molecule has 1 heterocycles. The molecule has 2 fully saturated rings. The number of aliphatic imine (C=N–C) groups is 1. The molecule has 0 aromatic heterocycles. The Morgan fingerprint density at radius 2 is 1.88 bits per heavy atom. The molecule has 3 rings (SSSR count). The number of nitrogens with zero attached hydrogens (tertiary/aromatic N) is 2. The van der Waals surface area contributed by atoms with Crippen LogP contribution in [0.1, 0.15) is 37.7 Å². The summed E-state index contributed by atoms with van der Waals surface area (Å²) in [6.07, 6.45) is 0.642. The zero-order valence-electron chi connectivity index (χ0n) is 15.2. The molecule has 1 saturated carbocycles. The Bertz CT molecular complexity index is 562. The number of benzene rings is 1. The highest BCUT2D eigenvalue weighted by molar-refractivity contribution is 14.0. The van der Waals surface area contributed by atoms with Crippen molar-refractivity contribution in [3.63, 3.8) is 0 Å². The lowest BCUT2D eigenvalue weighted by atomic mass is 10.1. The van der Waals surface area contributed by atoms with Gasteiger partial charge in [-0.2, -0.15) is 0 Å². The number of halogens is 3. The molecule has 2 unspecified atom stereocenters. The normalized spacial score (nSPS) is 24.2. The number of nitrogens with one attached hydrogen (secondary N) is 2. The van der Waals surface area contributed by atoms with E-state index in [1.54, 1.807) is 0 Å². The van der Waals surface area contributed by atoms with Gasteiger partial charge in [0.1, 0.15) is 0 Å². The van der Waals surface area contributed by atoms with Crippen LogP contribution in [0.2, 0.25) is 0 Å². The fourth-order valence-corrected chi connectivity index (χ4v) is 3.54. The molecule has 0 bridgehead atoms. The smallest absolute Gasteiger partial charge is 0.251 e. The first-order chi connectivity index (χ1) is 12.2. The van der Waals surface area contributed by atoms with E-state index in [0.29, 0.717) is 18.0 Å². The van der Waals surface area contributed by atoms with Gasteiger partial charge in [-0.3, -0.25) is 9.89 Å². The Hall–Kier alpha value is -0.960. The van der Waals surface area contributed by atoms with Crippen LogP contribution in [0.5, 0.6) is 0 Å². The minimum absolute atomic E-state index is 0. The van der Waals surface area contributed by atoms with E-state index in [0.717, 1.165) is 44.9 Å². The van der Waals surface area contributed by atoms with E-state index in [-0.39, 0.29) is 30.5 Å². The van der Waals surface area contributed by atoms with Crippen LogP contribution >= 0.6 is 24.0 Å². The van der Waals surface area contributed by atoms with Gasteiger partial charge in [0.15, 0.2) is 5.96 Å². The zero-order chi connectivity index (χ0) is 17.6. The van der Waals surface area contributed by atoms with E-state index in [1.807, 2.05) is 17.9 Å². The van der Waals surface area contributed by atoms with Crippen molar-refractivity contribution in [2.45, 2.75) is 50.6 Å². The number of piperidine rings is 1. The Kier molecular flexibility index (Phi) is 8.53. The third kappa shape index (κ3) is 6.33. The zero-order valence-corrected chi connectivity index (χ0v) is 17.5. The molecule has 0 amide bonds. The Morgan fingerprint density at radius 3 is 2.50 bits per heavy atom. The molecular formula is C19H29F2IN4. The van der Waals surface area contributed by atoms with Crippen LogP contribution < -0.4 is 10.6 Å². The molecule has 7 heteroatoms. The molecule has 4 nitrogen and oxygen atoms in total. The molecule has 2 atom stereocenters. The van der Waals surface area contributed by atoms with Gasteiger partial charge in [0.2, 0.25) is 0 Å². The van der Waals surface area contributed by atoms with E-state index in [9.17, 15) is 8.78 Å². The third-order valence-electron chi connectivity index (χ3n) is 4.98. The SMILES string of the molecule is CCN=C(NC1CCN(CC(F)F)CC1)NC1CC1c1ccccc1.I. The lowest BCUT2D eigenvalue weighted by Gasteiger charge is -2.32. The highest BCUT2D eigenvalue weighted by Gasteiger charge is 2.39. The topological polar surface area (TPSA) is 39.7 Å². The fourth-order valence-electron chi connectivity index (χ4n) is 3.54. The molecule has 1 aliphatic carbocycles. The Morgan fingerprint density at radius 1 is 1.19 bits per heavy atom. The molecule has 1 aromatic rings. The second kappa shape index (κ2) is 10.4. The van der Waals surface area contributed by atoms with Crippen molar-refractivity contribution in [2.75, 3.05) is 26.2 Å². The van der Waals surface area contributed by atoms with E-state index in [1.165, 1.54) is 5.56 Å². The van der Waals surface area contributed by atoms with Crippen molar-refractivity contribution >= 4 is 29.9 Å². The number of likely N-dealkylation sites (tertiary alicyclic amines) is 1. The molecule has 0 spiro atoms. The van der Waals surface area contributed by atoms with E-state index >= 15 is 0 Å². The summed E-state index contributed by atoms with van der Waals surface area (Å²) >= 11 is 0. The maximum atomic E-state index is 12.5. The highest BCUT2D eigenvalue weighted by atomic mass is 127. The molecule has 1 aliphatic heterocycles. The average Bonchev–Trinajstić information content (AvgIpc) is 3.36. The Labute approximate surface area is 171 Å². The maximum absolute atomic E-state index is 12.5. The molecule has 0 radical (unpaired) electrons. The summed E-state index contributed by atoms with van der Waals surface area (Å²) in [6, 6.07) is 11.3. The molecule has 146 valence electrons. The summed E-state index contributed by atoms with van der Waals surface area (Å²) in [5.41, 5.74) is 1.37. The molecule has 26 heavy (non-hydrogen) atoms. The van der Waals surface area contributed by atoms with Crippen LogP contribution in [0.25, 0.3) is 0 Å². The van der Waals surface area contributed by atoms with Crippen molar-refractivity contribution < 1.29 is 8.78 Å². The molecule has 2 aliphatic rings. The second-order valence-corrected chi connectivity index (χ2v) is 6.94. The average molecular weight is 478 g/mol. The first-order valence-electron chi connectivity index (χ1n) is 9.28. The van der Waals surface area contributed by atoms with Crippen molar-refractivity contribution in [2.24, 2.45) is 4.99 Å². The van der Waals surface area contributed by atoms with Gasteiger partial charge in [-0.15, -0.1) is 24.0 Å². The van der Waals surface area contributed by atoms with Crippen LogP contribution in [-0.4, -0.2) is 55.5 Å². The predicted molar refractivity (Wildman–Crippen MR) is 113 cm³/mol. The number of rotatable bonds is 6. The summed E-state index contributed by atoms with van der Waals surface area (Å²) in [4.78, 5) is 6.40. The monoisotopic (exact) mass is 478 g/mol. The number of alkyl halides is 2. The quantitative estimate of drug-likeness (QED) is 0.374.